The second-order valence-electron chi connectivity index (χ2n) is 4.62. The number of hydrogen-bond donors (Lipinski definition) is 3. The van der Waals surface area contributed by atoms with Crippen LogP contribution in [-0.2, 0) is 4.79 Å². The zero-order valence-electron chi connectivity index (χ0n) is 11.1. The summed E-state index contributed by atoms with van der Waals surface area (Å²) in [6.45, 7) is 3.75. The lowest BCUT2D eigenvalue weighted by Gasteiger charge is -2.26. The molecule has 0 bridgehead atoms. The second-order valence-corrected chi connectivity index (χ2v) is 4.62. The van der Waals surface area contributed by atoms with E-state index in [0.29, 0.717) is 17.5 Å². The van der Waals surface area contributed by atoms with Gasteiger partial charge in [-0.1, -0.05) is 0 Å². The van der Waals surface area contributed by atoms with Gasteiger partial charge in [0.2, 0.25) is 5.91 Å². The van der Waals surface area contributed by atoms with E-state index >= 15 is 0 Å². The Kier molecular flexibility index (Phi) is 4.51. The number of hydrazine groups is 1. The molecule has 1 aliphatic heterocycles. The Morgan fingerprint density at radius 2 is 2.00 bits per heavy atom. The Morgan fingerprint density at radius 1 is 1.32 bits per heavy atom. The van der Waals surface area contributed by atoms with Gasteiger partial charge in [-0.25, -0.2) is 15.8 Å². The molecule has 1 aliphatic rings. The summed E-state index contributed by atoms with van der Waals surface area (Å²) in [6, 6.07) is 1.68. The lowest BCUT2D eigenvalue weighted by atomic mass is 10.1. The smallest absolute Gasteiger partial charge is 0.241 e. The minimum absolute atomic E-state index is 0.109. The van der Waals surface area contributed by atoms with Crippen molar-refractivity contribution in [3.63, 3.8) is 0 Å². The van der Waals surface area contributed by atoms with E-state index in [1.165, 1.54) is 6.42 Å². The third-order valence-corrected chi connectivity index (χ3v) is 3.12. The Morgan fingerprint density at radius 3 is 2.68 bits per heavy atom. The Bertz CT molecular complexity index is 444. The number of nitrogens with two attached hydrogens (primary N) is 1. The molecule has 1 aromatic rings. The number of anilines is 2. The van der Waals surface area contributed by atoms with Crippen LogP contribution < -0.4 is 16.6 Å². The molecule has 0 aliphatic carbocycles. The van der Waals surface area contributed by atoms with Crippen molar-refractivity contribution in [3.05, 3.63) is 11.9 Å². The van der Waals surface area contributed by atoms with E-state index in [1.54, 1.807) is 13.0 Å². The molecule has 0 unspecified atom stereocenters. The fourth-order valence-corrected chi connectivity index (χ4v) is 2.15. The molecule has 2 rings (SSSR count). The molecule has 0 saturated carbocycles. The van der Waals surface area contributed by atoms with Crippen molar-refractivity contribution in [1.82, 2.24) is 14.9 Å². The average Bonchev–Trinajstić information content (AvgIpc) is 2.45. The molecule has 2 heterocycles. The summed E-state index contributed by atoms with van der Waals surface area (Å²) in [5.41, 5.74) is 2.47. The number of carbonyl (C=O) groups is 1. The lowest BCUT2D eigenvalue weighted by Crippen LogP contribution is -2.39. The van der Waals surface area contributed by atoms with Crippen LogP contribution in [0.3, 0.4) is 0 Å². The molecule has 4 N–H and O–H groups in total. The van der Waals surface area contributed by atoms with E-state index in [0.717, 1.165) is 25.9 Å². The van der Waals surface area contributed by atoms with Crippen LogP contribution in [0.25, 0.3) is 0 Å². The number of carbonyl (C=O) groups excluding carboxylic acids is 1. The van der Waals surface area contributed by atoms with Gasteiger partial charge in [0.05, 0.1) is 6.54 Å². The maximum Gasteiger partial charge on any atom is 0.241 e. The average molecular weight is 264 g/mol. The van der Waals surface area contributed by atoms with E-state index in [2.05, 4.69) is 20.7 Å². The summed E-state index contributed by atoms with van der Waals surface area (Å²) in [7, 11) is 0. The molecule has 0 atom stereocenters. The van der Waals surface area contributed by atoms with Crippen LogP contribution in [0.4, 0.5) is 11.6 Å². The minimum atomic E-state index is 0.109. The molecule has 1 amide bonds. The first-order valence-electron chi connectivity index (χ1n) is 6.53. The number of hydrogen-bond acceptors (Lipinski definition) is 6. The van der Waals surface area contributed by atoms with Gasteiger partial charge in [0.25, 0.3) is 0 Å². The number of nitrogens with one attached hydrogen (secondary N) is 2. The number of amides is 1. The van der Waals surface area contributed by atoms with Gasteiger partial charge in [0.1, 0.15) is 17.5 Å². The monoisotopic (exact) mass is 264 g/mol. The van der Waals surface area contributed by atoms with Crippen molar-refractivity contribution in [2.75, 3.05) is 30.4 Å². The van der Waals surface area contributed by atoms with Gasteiger partial charge in [0.15, 0.2) is 0 Å². The van der Waals surface area contributed by atoms with Gasteiger partial charge in [0, 0.05) is 19.2 Å². The lowest BCUT2D eigenvalue weighted by molar-refractivity contribution is -0.130. The van der Waals surface area contributed by atoms with Gasteiger partial charge in [-0.15, -0.1) is 0 Å². The van der Waals surface area contributed by atoms with Crippen molar-refractivity contribution in [2.45, 2.75) is 26.2 Å². The summed E-state index contributed by atoms with van der Waals surface area (Å²) in [5, 5.41) is 3.02. The molecule has 19 heavy (non-hydrogen) atoms. The number of nitrogen functional groups attached to an aromatic ring is 1. The summed E-state index contributed by atoms with van der Waals surface area (Å²) >= 11 is 0. The molecule has 0 aromatic carbocycles. The van der Waals surface area contributed by atoms with Crippen molar-refractivity contribution in [3.8, 4) is 0 Å². The number of aryl methyl sites for hydroxylation is 1. The van der Waals surface area contributed by atoms with Crippen molar-refractivity contribution < 1.29 is 4.79 Å². The highest BCUT2D eigenvalue weighted by Gasteiger charge is 2.16. The minimum Gasteiger partial charge on any atom is -0.361 e. The number of rotatable bonds is 4. The first kappa shape index (κ1) is 13.5. The van der Waals surface area contributed by atoms with Gasteiger partial charge in [-0.3, -0.25) is 4.79 Å². The van der Waals surface area contributed by atoms with Crippen LogP contribution >= 0.6 is 0 Å². The van der Waals surface area contributed by atoms with Crippen LogP contribution in [0.2, 0.25) is 0 Å². The van der Waals surface area contributed by atoms with E-state index in [9.17, 15) is 4.79 Å². The Labute approximate surface area is 112 Å². The molecule has 1 aromatic heterocycles. The summed E-state index contributed by atoms with van der Waals surface area (Å²) in [4.78, 5) is 22.2. The van der Waals surface area contributed by atoms with E-state index in [1.807, 2.05) is 4.90 Å². The zero-order chi connectivity index (χ0) is 13.7. The van der Waals surface area contributed by atoms with Gasteiger partial charge in [-0.2, -0.15) is 0 Å². The van der Waals surface area contributed by atoms with Gasteiger partial charge < -0.3 is 15.6 Å². The fourth-order valence-electron chi connectivity index (χ4n) is 2.15. The molecule has 1 saturated heterocycles. The predicted molar refractivity (Wildman–Crippen MR) is 73.5 cm³/mol. The third kappa shape index (κ3) is 3.78. The summed E-state index contributed by atoms with van der Waals surface area (Å²) < 4.78 is 0. The van der Waals surface area contributed by atoms with E-state index in [-0.39, 0.29) is 12.5 Å². The van der Waals surface area contributed by atoms with Crippen LogP contribution in [0.1, 0.15) is 25.1 Å². The van der Waals surface area contributed by atoms with Crippen molar-refractivity contribution >= 4 is 17.5 Å². The molecule has 7 nitrogen and oxygen atoms in total. The highest BCUT2D eigenvalue weighted by molar-refractivity contribution is 5.80. The molecular formula is C12H20N6O. The first-order chi connectivity index (χ1) is 9.19. The van der Waals surface area contributed by atoms with Crippen molar-refractivity contribution in [2.24, 2.45) is 5.84 Å². The van der Waals surface area contributed by atoms with Crippen LogP contribution in [-0.4, -0.2) is 40.4 Å². The SMILES string of the molecule is Cc1nc(NN)cc(NCC(=O)N2CCCCC2)n1. The quantitative estimate of drug-likeness (QED) is 0.541. The zero-order valence-corrected chi connectivity index (χ0v) is 11.1. The predicted octanol–water partition coefficient (Wildman–Crippen LogP) is 0.495. The van der Waals surface area contributed by atoms with Crippen LogP contribution in [0.5, 0.6) is 0 Å². The summed E-state index contributed by atoms with van der Waals surface area (Å²) in [6.07, 6.45) is 3.41. The van der Waals surface area contributed by atoms with Gasteiger partial charge >= 0.3 is 0 Å². The number of likely N-dealkylation sites (tertiary alicyclic amines) is 1. The number of aromatic nitrogens is 2. The normalized spacial score (nSPS) is 15.2. The fraction of sp³-hybridized carbons (Fsp3) is 0.583. The standard InChI is InChI=1S/C12H20N6O/c1-9-15-10(7-11(16-9)17-13)14-8-12(19)18-5-3-2-4-6-18/h7H,2-6,8,13H2,1H3,(H2,14,15,16,17). The number of piperidine rings is 1. The highest BCUT2D eigenvalue weighted by atomic mass is 16.2. The second kappa shape index (κ2) is 6.33. The van der Waals surface area contributed by atoms with Crippen LogP contribution in [0.15, 0.2) is 6.07 Å². The van der Waals surface area contributed by atoms with E-state index in [4.69, 9.17) is 5.84 Å². The maximum absolute atomic E-state index is 12.0. The molecular weight excluding hydrogens is 244 g/mol. The summed E-state index contributed by atoms with van der Waals surface area (Å²) in [5.74, 6) is 7.16. The molecule has 0 radical (unpaired) electrons. The van der Waals surface area contributed by atoms with Crippen molar-refractivity contribution in [1.29, 1.82) is 0 Å². The molecule has 7 heteroatoms. The molecule has 1 fully saturated rings. The van der Waals surface area contributed by atoms with Gasteiger partial charge in [-0.05, 0) is 26.2 Å². The third-order valence-electron chi connectivity index (χ3n) is 3.12. The molecule has 104 valence electrons. The van der Waals surface area contributed by atoms with E-state index < -0.39 is 0 Å². The maximum atomic E-state index is 12.0. The molecule has 0 spiro atoms. The Hall–Kier alpha value is -1.89. The van der Waals surface area contributed by atoms with Crippen LogP contribution in [0, 0.1) is 6.92 Å². The Balaban J connectivity index is 1.90. The largest absolute Gasteiger partial charge is 0.361 e. The topological polar surface area (TPSA) is 96.2 Å². The first-order valence-corrected chi connectivity index (χ1v) is 6.53. The number of nitrogens with zero attached hydrogens (tertiary/aromatic N) is 3. The highest BCUT2D eigenvalue weighted by Crippen LogP contribution is 2.11.